The molecule has 0 bridgehead atoms. The molecule has 0 aromatic heterocycles. The van der Waals surface area contributed by atoms with Crippen LogP contribution in [0.4, 0.5) is 13.2 Å². The van der Waals surface area contributed by atoms with E-state index in [1.54, 1.807) is 6.07 Å². The lowest BCUT2D eigenvalue weighted by atomic mass is 9.87. The molecule has 0 aliphatic rings. The van der Waals surface area contributed by atoms with E-state index in [2.05, 4.69) is 43.4 Å². The Balaban J connectivity index is 2.45. The molecule has 0 radical (unpaired) electrons. The minimum absolute atomic E-state index is 0.0277. The summed E-state index contributed by atoms with van der Waals surface area (Å²) >= 11 is 2.08. The molecule has 140 valence electrons. The van der Waals surface area contributed by atoms with Gasteiger partial charge >= 0.3 is 6.18 Å². The van der Waals surface area contributed by atoms with Crippen LogP contribution in [-0.4, -0.2) is 5.91 Å². The second kappa shape index (κ2) is 7.46. The molecule has 2 aromatic carbocycles. The number of hydrogen-bond acceptors (Lipinski definition) is 2. The molecule has 0 fully saturated rings. The number of hydrogen-bond donors (Lipinski definition) is 1. The minimum Gasteiger partial charge on any atom is -0.456 e. The molecule has 0 spiro atoms. The SMILES string of the molecule is CC(C)(C)c1ccc(Oc2cc(C(F)(F)F)ccc2CC(N)=O)c(I)c1. The largest absolute Gasteiger partial charge is 0.456 e. The Morgan fingerprint density at radius 3 is 2.15 bits per heavy atom. The quantitative estimate of drug-likeness (QED) is 0.598. The van der Waals surface area contributed by atoms with Gasteiger partial charge in [-0.15, -0.1) is 0 Å². The van der Waals surface area contributed by atoms with E-state index in [1.165, 1.54) is 6.07 Å². The predicted molar refractivity (Wildman–Crippen MR) is 102 cm³/mol. The molecule has 0 atom stereocenters. The number of halogens is 4. The molecular weight excluding hydrogens is 458 g/mol. The van der Waals surface area contributed by atoms with Crippen LogP contribution in [0.1, 0.15) is 37.5 Å². The van der Waals surface area contributed by atoms with Crippen LogP contribution in [0.2, 0.25) is 0 Å². The van der Waals surface area contributed by atoms with Gasteiger partial charge in [0, 0.05) is 5.56 Å². The Kier molecular flexibility index (Phi) is 5.89. The van der Waals surface area contributed by atoms with Gasteiger partial charge < -0.3 is 10.5 Å². The molecule has 0 saturated carbocycles. The maximum Gasteiger partial charge on any atom is 0.416 e. The topological polar surface area (TPSA) is 52.3 Å². The first-order valence-electron chi connectivity index (χ1n) is 7.84. The molecule has 2 aromatic rings. The number of nitrogens with two attached hydrogens (primary N) is 1. The lowest BCUT2D eigenvalue weighted by Gasteiger charge is -2.20. The summed E-state index contributed by atoms with van der Waals surface area (Å²) in [6.07, 6.45) is -4.71. The van der Waals surface area contributed by atoms with Gasteiger partial charge in [0.1, 0.15) is 11.5 Å². The maximum absolute atomic E-state index is 13.0. The van der Waals surface area contributed by atoms with Crippen molar-refractivity contribution in [3.05, 3.63) is 56.7 Å². The standard InChI is InChI=1S/C19H19F3INO2/c1-18(2,3)12-6-7-15(14(23)9-12)26-16-10-13(19(20,21)22)5-4-11(16)8-17(24)25/h4-7,9-10H,8H2,1-3H3,(H2,24,25). The zero-order chi connectivity index (χ0) is 19.7. The van der Waals surface area contributed by atoms with Crippen molar-refractivity contribution in [1.82, 2.24) is 0 Å². The number of carbonyl (C=O) groups is 1. The molecule has 2 rings (SSSR count). The summed E-state index contributed by atoms with van der Waals surface area (Å²) in [4.78, 5) is 11.2. The highest BCUT2D eigenvalue weighted by molar-refractivity contribution is 14.1. The van der Waals surface area contributed by atoms with Crippen LogP contribution in [0.15, 0.2) is 36.4 Å². The molecule has 1 amide bonds. The Bertz CT molecular complexity index is 827. The number of ether oxygens (including phenoxy) is 1. The molecule has 7 heteroatoms. The molecule has 0 saturated heterocycles. The fraction of sp³-hybridized carbons (Fsp3) is 0.316. The second-order valence-corrected chi connectivity index (χ2v) is 8.12. The summed E-state index contributed by atoms with van der Waals surface area (Å²) in [5.74, 6) is -0.254. The van der Waals surface area contributed by atoms with Crippen LogP contribution in [0, 0.1) is 3.57 Å². The van der Waals surface area contributed by atoms with Crippen molar-refractivity contribution in [2.45, 2.75) is 38.8 Å². The smallest absolute Gasteiger partial charge is 0.416 e. The van der Waals surface area contributed by atoms with E-state index >= 15 is 0 Å². The van der Waals surface area contributed by atoms with Gasteiger partial charge in [0.15, 0.2) is 0 Å². The first-order valence-corrected chi connectivity index (χ1v) is 8.92. The fourth-order valence-corrected chi connectivity index (χ4v) is 2.95. The third-order valence-electron chi connectivity index (χ3n) is 3.78. The fourth-order valence-electron chi connectivity index (χ4n) is 2.33. The van der Waals surface area contributed by atoms with Gasteiger partial charge in [-0.2, -0.15) is 13.2 Å². The van der Waals surface area contributed by atoms with E-state index in [4.69, 9.17) is 10.5 Å². The second-order valence-electron chi connectivity index (χ2n) is 6.96. The van der Waals surface area contributed by atoms with Gasteiger partial charge in [0.2, 0.25) is 5.91 Å². The average Bonchev–Trinajstić information content (AvgIpc) is 2.48. The van der Waals surface area contributed by atoms with Crippen molar-refractivity contribution >= 4 is 28.5 Å². The summed E-state index contributed by atoms with van der Waals surface area (Å²) in [5, 5.41) is 0. The Labute approximate surface area is 163 Å². The van der Waals surface area contributed by atoms with E-state index in [-0.39, 0.29) is 17.6 Å². The minimum atomic E-state index is -4.51. The van der Waals surface area contributed by atoms with Gasteiger partial charge in [0.25, 0.3) is 0 Å². The first kappa shape index (κ1) is 20.5. The molecule has 0 unspecified atom stereocenters. The van der Waals surface area contributed by atoms with Crippen LogP contribution in [-0.2, 0) is 22.8 Å². The monoisotopic (exact) mass is 477 g/mol. The van der Waals surface area contributed by atoms with E-state index in [9.17, 15) is 18.0 Å². The van der Waals surface area contributed by atoms with Gasteiger partial charge in [-0.25, -0.2) is 0 Å². The van der Waals surface area contributed by atoms with Gasteiger partial charge in [-0.05, 0) is 57.8 Å². The summed E-state index contributed by atoms with van der Waals surface area (Å²) in [5.41, 5.74) is 5.67. The number of primary amides is 1. The van der Waals surface area contributed by atoms with Crippen LogP contribution in [0.3, 0.4) is 0 Å². The number of benzene rings is 2. The van der Waals surface area contributed by atoms with Crippen molar-refractivity contribution in [2.24, 2.45) is 5.73 Å². The van der Waals surface area contributed by atoms with E-state index in [1.807, 2.05) is 12.1 Å². The Morgan fingerprint density at radius 1 is 1.04 bits per heavy atom. The normalized spacial score (nSPS) is 12.1. The highest BCUT2D eigenvalue weighted by atomic mass is 127. The van der Waals surface area contributed by atoms with Crippen molar-refractivity contribution < 1.29 is 22.7 Å². The highest BCUT2D eigenvalue weighted by Crippen LogP contribution is 2.37. The average molecular weight is 477 g/mol. The lowest BCUT2D eigenvalue weighted by Crippen LogP contribution is -2.15. The number of rotatable bonds is 4. The zero-order valence-electron chi connectivity index (χ0n) is 14.6. The van der Waals surface area contributed by atoms with E-state index in [0.717, 1.165) is 21.3 Å². The molecular formula is C19H19F3INO2. The predicted octanol–water partition coefficient (Wildman–Crippen LogP) is 5.43. The van der Waals surface area contributed by atoms with E-state index < -0.39 is 17.6 Å². The zero-order valence-corrected chi connectivity index (χ0v) is 16.7. The van der Waals surface area contributed by atoms with Gasteiger partial charge in [-0.3, -0.25) is 4.79 Å². The highest BCUT2D eigenvalue weighted by Gasteiger charge is 2.31. The summed E-state index contributed by atoms with van der Waals surface area (Å²) < 4.78 is 45.5. The Morgan fingerprint density at radius 2 is 1.65 bits per heavy atom. The lowest BCUT2D eigenvalue weighted by molar-refractivity contribution is -0.137. The molecule has 0 aliphatic heterocycles. The number of carbonyl (C=O) groups excluding carboxylic acids is 1. The van der Waals surface area contributed by atoms with Crippen molar-refractivity contribution in [3.8, 4) is 11.5 Å². The van der Waals surface area contributed by atoms with Crippen LogP contribution in [0.25, 0.3) is 0 Å². The number of amides is 1. The summed E-state index contributed by atoms with van der Waals surface area (Å²) in [6.45, 7) is 6.20. The number of alkyl halides is 3. The van der Waals surface area contributed by atoms with E-state index in [0.29, 0.717) is 11.3 Å². The van der Waals surface area contributed by atoms with Gasteiger partial charge in [-0.1, -0.05) is 32.9 Å². The Hall–Kier alpha value is -1.77. The molecule has 2 N–H and O–H groups in total. The third kappa shape index (κ3) is 5.12. The molecule has 3 nitrogen and oxygen atoms in total. The maximum atomic E-state index is 13.0. The molecule has 26 heavy (non-hydrogen) atoms. The summed E-state index contributed by atoms with van der Waals surface area (Å²) in [7, 11) is 0. The third-order valence-corrected chi connectivity index (χ3v) is 4.62. The first-order chi connectivity index (χ1) is 11.9. The summed E-state index contributed by atoms with van der Waals surface area (Å²) in [6, 6.07) is 8.55. The van der Waals surface area contributed by atoms with Crippen molar-refractivity contribution in [3.63, 3.8) is 0 Å². The molecule has 0 aliphatic carbocycles. The van der Waals surface area contributed by atoms with Crippen LogP contribution >= 0.6 is 22.6 Å². The van der Waals surface area contributed by atoms with Crippen molar-refractivity contribution in [1.29, 1.82) is 0 Å². The van der Waals surface area contributed by atoms with Gasteiger partial charge in [0.05, 0.1) is 15.6 Å². The van der Waals surface area contributed by atoms with Crippen LogP contribution in [0.5, 0.6) is 11.5 Å². The molecule has 0 heterocycles. The van der Waals surface area contributed by atoms with Crippen molar-refractivity contribution in [2.75, 3.05) is 0 Å². The van der Waals surface area contributed by atoms with Crippen LogP contribution < -0.4 is 10.5 Å².